The Labute approximate surface area is 133 Å². The number of piperidine rings is 1. The number of rotatable bonds is 2. The predicted molar refractivity (Wildman–Crippen MR) is 77.1 cm³/mol. The van der Waals surface area contributed by atoms with Gasteiger partial charge in [0.1, 0.15) is 6.04 Å². The monoisotopic (exact) mass is 366 g/mol. The van der Waals surface area contributed by atoms with Crippen LogP contribution in [0.5, 0.6) is 0 Å². The van der Waals surface area contributed by atoms with Crippen molar-refractivity contribution in [3.05, 3.63) is 33.3 Å². The molecule has 8 heteroatoms. The summed E-state index contributed by atoms with van der Waals surface area (Å²) in [5.74, 6) is -2.27. The van der Waals surface area contributed by atoms with Gasteiger partial charge in [-0.05, 0) is 40.0 Å². The molecule has 1 aromatic rings. The van der Waals surface area contributed by atoms with E-state index in [1.807, 2.05) is 0 Å². The van der Waals surface area contributed by atoms with Crippen molar-refractivity contribution in [2.24, 2.45) is 0 Å². The predicted octanol–water partition coefficient (Wildman–Crippen LogP) is 0.908. The van der Waals surface area contributed by atoms with Crippen molar-refractivity contribution in [1.29, 1.82) is 0 Å². The smallest absolute Gasteiger partial charge is 0.335 e. The second kappa shape index (κ2) is 5.20. The molecule has 1 unspecified atom stereocenters. The Balaban J connectivity index is 1.94. The van der Waals surface area contributed by atoms with Crippen LogP contribution in [0.4, 0.5) is 0 Å². The zero-order valence-corrected chi connectivity index (χ0v) is 12.8. The third kappa shape index (κ3) is 2.29. The van der Waals surface area contributed by atoms with E-state index in [1.54, 1.807) is 0 Å². The minimum Gasteiger partial charge on any atom is -0.478 e. The van der Waals surface area contributed by atoms with Crippen LogP contribution in [0.25, 0.3) is 0 Å². The van der Waals surface area contributed by atoms with E-state index in [-0.39, 0.29) is 36.8 Å². The Bertz CT molecular complexity index is 730. The van der Waals surface area contributed by atoms with Crippen LogP contribution in [0, 0.1) is 0 Å². The highest BCUT2D eigenvalue weighted by atomic mass is 79.9. The number of carboxylic acids is 1. The fraction of sp³-hybridized carbons (Fsp3) is 0.286. The molecule has 114 valence electrons. The molecule has 0 radical (unpaired) electrons. The van der Waals surface area contributed by atoms with Crippen LogP contribution >= 0.6 is 15.9 Å². The molecule has 0 aromatic heterocycles. The Hall–Kier alpha value is -2.22. The van der Waals surface area contributed by atoms with Gasteiger partial charge in [-0.3, -0.25) is 19.7 Å². The summed E-state index contributed by atoms with van der Waals surface area (Å²) in [5, 5.41) is 11.3. The number of carbonyl (C=O) groups excluding carboxylic acids is 3. The number of benzene rings is 1. The van der Waals surface area contributed by atoms with Gasteiger partial charge in [0.15, 0.2) is 0 Å². The first-order chi connectivity index (χ1) is 10.4. The highest BCUT2D eigenvalue weighted by Gasteiger charge is 2.40. The van der Waals surface area contributed by atoms with E-state index < -0.39 is 17.9 Å². The summed E-state index contributed by atoms with van der Waals surface area (Å²) in [5.41, 5.74) is 1.000. The molecule has 0 aliphatic carbocycles. The number of carbonyl (C=O) groups is 4. The average Bonchev–Trinajstić information content (AvgIpc) is 2.76. The number of aromatic carboxylic acids is 1. The molecule has 3 rings (SSSR count). The molecule has 0 bridgehead atoms. The summed E-state index contributed by atoms with van der Waals surface area (Å²) in [6.07, 6.45) is 0.450. The SMILES string of the molecule is O=C1CCC(N2Cc3cc(C(=O)O)cc(Br)c3C2=O)C(=O)N1. The second-order valence-corrected chi connectivity index (χ2v) is 6.05. The van der Waals surface area contributed by atoms with Crippen molar-refractivity contribution in [3.8, 4) is 0 Å². The summed E-state index contributed by atoms with van der Waals surface area (Å²) in [4.78, 5) is 48.1. The summed E-state index contributed by atoms with van der Waals surface area (Å²) < 4.78 is 0.391. The van der Waals surface area contributed by atoms with Crippen molar-refractivity contribution in [2.45, 2.75) is 25.4 Å². The van der Waals surface area contributed by atoms with Crippen LogP contribution in [0.3, 0.4) is 0 Å². The lowest BCUT2D eigenvalue weighted by Gasteiger charge is -2.29. The van der Waals surface area contributed by atoms with Gasteiger partial charge in [-0.1, -0.05) is 0 Å². The number of hydrogen-bond acceptors (Lipinski definition) is 4. The van der Waals surface area contributed by atoms with E-state index >= 15 is 0 Å². The van der Waals surface area contributed by atoms with Crippen LogP contribution in [-0.2, 0) is 16.1 Å². The zero-order valence-electron chi connectivity index (χ0n) is 11.3. The van der Waals surface area contributed by atoms with Crippen LogP contribution in [0.15, 0.2) is 16.6 Å². The number of fused-ring (bicyclic) bond motifs is 1. The van der Waals surface area contributed by atoms with E-state index in [1.165, 1.54) is 17.0 Å². The second-order valence-electron chi connectivity index (χ2n) is 5.20. The first kappa shape index (κ1) is 14.7. The molecular weight excluding hydrogens is 356 g/mol. The van der Waals surface area contributed by atoms with Gasteiger partial charge < -0.3 is 10.0 Å². The van der Waals surface area contributed by atoms with Crippen molar-refractivity contribution in [1.82, 2.24) is 10.2 Å². The van der Waals surface area contributed by atoms with Gasteiger partial charge in [0.2, 0.25) is 11.8 Å². The quantitative estimate of drug-likeness (QED) is 0.757. The highest BCUT2D eigenvalue weighted by molar-refractivity contribution is 9.10. The number of halogens is 1. The van der Waals surface area contributed by atoms with Crippen molar-refractivity contribution in [2.75, 3.05) is 0 Å². The number of nitrogens with one attached hydrogen (secondary N) is 1. The Morgan fingerprint density at radius 2 is 2.05 bits per heavy atom. The van der Waals surface area contributed by atoms with Gasteiger partial charge in [-0.2, -0.15) is 0 Å². The first-order valence-corrected chi connectivity index (χ1v) is 7.38. The largest absolute Gasteiger partial charge is 0.478 e. The maximum Gasteiger partial charge on any atom is 0.335 e. The van der Waals surface area contributed by atoms with Crippen molar-refractivity contribution < 1.29 is 24.3 Å². The zero-order chi connectivity index (χ0) is 16.0. The molecule has 3 amide bonds. The van der Waals surface area contributed by atoms with E-state index in [9.17, 15) is 19.2 Å². The van der Waals surface area contributed by atoms with Crippen molar-refractivity contribution >= 4 is 39.6 Å². The van der Waals surface area contributed by atoms with E-state index in [2.05, 4.69) is 21.2 Å². The number of nitrogens with zero attached hydrogens (tertiary/aromatic N) is 1. The Morgan fingerprint density at radius 3 is 2.68 bits per heavy atom. The standard InChI is InChI=1S/C14H11BrN2O5/c15-8-4-6(14(21)22)3-7-5-17(13(20)11(7)8)9-1-2-10(18)16-12(9)19/h3-4,9H,1-2,5H2,(H,21,22)(H,16,18,19). The minimum absolute atomic E-state index is 0.0727. The Kier molecular flexibility index (Phi) is 3.48. The lowest BCUT2D eigenvalue weighted by Crippen LogP contribution is -2.52. The van der Waals surface area contributed by atoms with Gasteiger partial charge in [0, 0.05) is 17.4 Å². The summed E-state index contributed by atoms with van der Waals surface area (Å²) in [7, 11) is 0. The highest BCUT2D eigenvalue weighted by Crippen LogP contribution is 2.33. The molecular formula is C14H11BrN2O5. The molecule has 1 aromatic carbocycles. The molecule has 1 atom stereocenters. The number of hydrogen-bond donors (Lipinski definition) is 2. The normalized spacial score (nSPS) is 20.9. The number of carboxylic acid groups (broad SMARTS) is 1. The Morgan fingerprint density at radius 1 is 1.32 bits per heavy atom. The molecule has 2 aliphatic heterocycles. The lowest BCUT2D eigenvalue weighted by atomic mass is 10.0. The van der Waals surface area contributed by atoms with Gasteiger partial charge in [0.05, 0.1) is 11.1 Å². The summed E-state index contributed by atoms with van der Waals surface area (Å²) in [6.45, 7) is 0.153. The topological polar surface area (TPSA) is 104 Å². The molecule has 0 spiro atoms. The van der Waals surface area contributed by atoms with Crippen LogP contribution in [-0.4, -0.2) is 39.7 Å². The summed E-state index contributed by atoms with van der Waals surface area (Å²) >= 11 is 3.22. The van der Waals surface area contributed by atoms with E-state index in [0.29, 0.717) is 15.6 Å². The van der Waals surface area contributed by atoms with Crippen molar-refractivity contribution in [3.63, 3.8) is 0 Å². The van der Waals surface area contributed by atoms with Gasteiger partial charge in [0.25, 0.3) is 5.91 Å². The van der Waals surface area contributed by atoms with Gasteiger partial charge in [-0.15, -0.1) is 0 Å². The molecule has 2 aliphatic rings. The lowest BCUT2D eigenvalue weighted by molar-refractivity contribution is -0.136. The third-order valence-corrected chi connectivity index (χ3v) is 4.45. The molecule has 2 N–H and O–H groups in total. The third-order valence-electron chi connectivity index (χ3n) is 3.82. The van der Waals surface area contributed by atoms with E-state index in [4.69, 9.17) is 5.11 Å². The fourth-order valence-corrected chi connectivity index (χ4v) is 3.45. The molecule has 1 fully saturated rings. The molecule has 2 heterocycles. The fourth-order valence-electron chi connectivity index (χ4n) is 2.78. The maximum atomic E-state index is 12.5. The van der Waals surface area contributed by atoms with Gasteiger partial charge >= 0.3 is 5.97 Å². The van der Waals surface area contributed by atoms with Gasteiger partial charge in [-0.25, -0.2) is 4.79 Å². The maximum absolute atomic E-state index is 12.5. The van der Waals surface area contributed by atoms with Crippen LogP contribution in [0.2, 0.25) is 0 Å². The van der Waals surface area contributed by atoms with Crippen LogP contribution < -0.4 is 5.32 Å². The number of amides is 3. The summed E-state index contributed by atoms with van der Waals surface area (Å²) in [6, 6.07) is 2.09. The van der Waals surface area contributed by atoms with E-state index in [0.717, 1.165) is 0 Å². The van der Waals surface area contributed by atoms with Crippen LogP contribution in [0.1, 0.15) is 39.1 Å². The molecule has 7 nitrogen and oxygen atoms in total. The molecule has 0 saturated carbocycles. The minimum atomic E-state index is -1.09. The first-order valence-electron chi connectivity index (χ1n) is 6.59. The number of imide groups is 1. The molecule has 22 heavy (non-hydrogen) atoms. The average molecular weight is 367 g/mol. The molecule has 1 saturated heterocycles.